The highest BCUT2D eigenvalue weighted by molar-refractivity contribution is 6.17. The van der Waals surface area contributed by atoms with Crippen LogP contribution in [-0.2, 0) is 19.1 Å². The first-order chi connectivity index (χ1) is 22.7. The predicted molar refractivity (Wildman–Crippen MR) is 171 cm³/mol. The van der Waals surface area contributed by atoms with Gasteiger partial charge in [-0.15, -0.1) is 0 Å². The van der Waals surface area contributed by atoms with E-state index in [1.165, 1.54) is 36.4 Å². The van der Waals surface area contributed by atoms with E-state index in [0.717, 1.165) is 32.1 Å². The summed E-state index contributed by atoms with van der Waals surface area (Å²) in [6.07, 6.45) is 2.55. The van der Waals surface area contributed by atoms with Gasteiger partial charge in [-0.2, -0.15) is 0 Å². The van der Waals surface area contributed by atoms with E-state index >= 15 is 4.39 Å². The van der Waals surface area contributed by atoms with E-state index < -0.39 is 28.9 Å². The van der Waals surface area contributed by atoms with Crippen molar-refractivity contribution < 1.29 is 37.3 Å². The van der Waals surface area contributed by atoms with E-state index in [-0.39, 0.29) is 23.6 Å². The number of hydrogen-bond donors (Lipinski definition) is 2. The standard InChI is InChI=1S/C35H36F2N4O6/c1-22-20-35(22,33(42)39-24-6-4-23(36)5-7-24)34(43)40-25-8-11-31(28(37)18-25)47-30-12-13-38-29-19-26(9-10-27(29)30)45-16-3-14-41-15-17-46-32(21-41)44-2/h4-13,18-19,22,32H,3,14-17,20-21H2,1-2H3,(H,39,42)(H,40,43)/t22-,32-,35-/m1/s1. The summed E-state index contributed by atoms with van der Waals surface area (Å²) in [5.41, 5.74) is -0.123. The number of pyridine rings is 1. The number of ether oxygens (including phenoxy) is 4. The minimum atomic E-state index is -1.31. The maximum Gasteiger partial charge on any atom is 0.240 e. The number of carbonyl (C=O) groups excluding carboxylic acids is 2. The molecule has 2 fully saturated rings. The number of benzene rings is 3. The maximum atomic E-state index is 15.2. The molecule has 2 heterocycles. The Morgan fingerprint density at radius 2 is 1.74 bits per heavy atom. The van der Waals surface area contributed by atoms with E-state index in [2.05, 4.69) is 20.5 Å². The Hall–Kier alpha value is -4.65. The Bertz CT molecular complexity index is 1760. The van der Waals surface area contributed by atoms with Crippen molar-refractivity contribution >= 4 is 34.1 Å². The third-order valence-corrected chi connectivity index (χ3v) is 8.57. The molecule has 0 bridgehead atoms. The molecule has 3 aromatic carbocycles. The number of amides is 2. The van der Waals surface area contributed by atoms with Crippen LogP contribution in [0, 0.1) is 23.0 Å². The summed E-state index contributed by atoms with van der Waals surface area (Å²) in [5.74, 6) is -1.37. The lowest BCUT2D eigenvalue weighted by Gasteiger charge is -2.31. The fourth-order valence-electron chi connectivity index (χ4n) is 5.73. The highest BCUT2D eigenvalue weighted by atomic mass is 19.1. The number of rotatable bonds is 12. The predicted octanol–water partition coefficient (Wildman–Crippen LogP) is 5.98. The summed E-state index contributed by atoms with van der Waals surface area (Å²) in [4.78, 5) is 33.0. The molecule has 1 saturated heterocycles. The number of methoxy groups -OCH3 is 1. The van der Waals surface area contributed by atoms with Crippen LogP contribution in [0.25, 0.3) is 10.9 Å². The number of hydrogen-bond acceptors (Lipinski definition) is 8. The fraction of sp³-hybridized carbons (Fsp3) is 0.343. The van der Waals surface area contributed by atoms with Crippen molar-refractivity contribution in [3.05, 3.63) is 84.6 Å². The number of nitrogens with zero attached hydrogens (tertiary/aromatic N) is 2. The van der Waals surface area contributed by atoms with Crippen LogP contribution in [0.4, 0.5) is 20.2 Å². The van der Waals surface area contributed by atoms with Gasteiger partial charge in [-0.1, -0.05) is 6.92 Å². The molecule has 1 aliphatic carbocycles. The van der Waals surface area contributed by atoms with Crippen LogP contribution in [0.1, 0.15) is 19.8 Å². The van der Waals surface area contributed by atoms with E-state index in [9.17, 15) is 14.0 Å². The van der Waals surface area contributed by atoms with Crippen LogP contribution in [0.2, 0.25) is 0 Å². The van der Waals surface area contributed by atoms with E-state index in [1.54, 1.807) is 26.3 Å². The number of morpholine rings is 1. The van der Waals surface area contributed by atoms with Crippen molar-refractivity contribution in [1.82, 2.24) is 9.88 Å². The van der Waals surface area contributed by atoms with Crippen LogP contribution in [-0.4, -0.2) is 67.9 Å². The van der Waals surface area contributed by atoms with Crippen LogP contribution in [0.5, 0.6) is 17.2 Å². The zero-order valence-corrected chi connectivity index (χ0v) is 26.1. The normalized spacial score (nSPS) is 20.9. The summed E-state index contributed by atoms with van der Waals surface area (Å²) >= 11 is 0. The van der Waals surface area contributed by atoms with Crippen molar-refractivity contribution in [3.8, 4) is 17.2 Å². The molecule has 1 aromatic heterocycles. The lowest BCUT2D eigenvalue weighted by molar-refractivity contribution is -0.164. The van der Waals surface area contributed by atoms with Gasteiger partial charge in [0.25, 0.3) is 0 Å². The minimum Gasteiger partial charge on any atom is -0.493 e. The molecule has 4 aromatic rings. The summed E-state index contributed by atoms with van der Waals surface area (Å²) in [6, 6.07) is 16.5. The molecule has 12 heteroatoms. The Morgan fingerprint density at radius 3 is 2.47 bits per heavy atom. The number of fused-ring (bicyclic) bond motifs is 1. The van der Waals surface area contributed by atoms with E-state index in [0.29, 0.717) is 47.7 Å². The number of nitrogens with one attached hydrogen (secondary N) is 2. The zero-order valence-electron chi connectivity index (χ0n) is 26.1. The van der Waals surface area contributed by atoms with Crippen molar-refractivity contribution in [3.63, 3.8) is 0 Å². The Kier molecular flexibility index (Phi) is 9.62. The zero-order chi connectivity index (χ0) is 33.0. The Balaban J connectivity index is 1.06. The lowest BCUT2D eigenvalue weighted by Crippen LogP contribution is -2.43. The topological polar surface area (TPSA) is 111 Å². The van der Waals surface area contributed by atoms with Gasteiger partial charge in [-0.05, 0) is 73.4 Å². The smallest absolute Gasteiger partial charge is 0.240 e. The molecule has 0 unspecified atom stereocenters. The molecule has 1 saturated carbocycles. The van der Waals surface area contributed by atoms with Crippen LogP contribution in [0.3, 0.4) is 0 Å². The monoisotopic (exact) mass is 646 g/mol. The average Bonchev–Trinajstić information content (AvgIpc) is 3.77. The Morgan fingerprint density at radius 1 is 1.00 bits per heavy atom. The minimum absolute atomic E-state index is 0.0433. The lowest BCUT2D eigenvalue weighted by atomic mass is 10.0. The van der Waals surface area contributed by atoms with E-state index in [1.807, 2.05) is 18.2 Å². The molecule has 47 heavy (non-hydrogen) atoms. The molecule has 2 amide bonds. The quantitative estimate of drug-likeness (QED) is 0.143. The largest absolute Gasteiger partial charge is 0.493 e. The summed E-state index contributed by atoms with van der Waals surface area (Å²) < 4.78 is 51.2. The molecule has 0 radical (unpaired) electrons. The van der Waals surface area contributed by atoms with Crippen molar-refractivity contribution in [2.45, 2.75) is 26.1 Å². The maximum absolute atomic E-state index is 15.2. The van der Waals surface area contributed by atoms with Gasteiger partial charge >= 0.3 is 0 Å². The second-order valence-corrected chi connectivity index (χ2v) is 11.8. The molecule has 2 aliphatic rings. The molecule has 6 rings (SSSR count). The van der Waals surface area contributed by atoms with Crippen molar-refractivity contribution in [1.29, 1.82) is 0 Å². The molecule has 2 N–H and O–H groups in total. The van der Waals surface area contributed by atoms with Gasteiger partial charge in [0.15, 0.2) is 17.9 Å². The highest BCUT2D eigenvalue weighted by Crippen LogP contribution is 2.53. The number of carbonyl (C=O) groups is 2. The summed E-state index contributed by atoms with van der Waals surface area (Å²) in [6.45, 7) is 5.43. The molecule has 0 spiro atoms. The third kappa shape index (κ3) is 7.35. The number of halogens is 2. The highest BCUT2D eigenvalue weighted by Gasteiger charge is 2.63. The molecular weight excluding hydrogens is 610 g/mol. The second kappa shape index (κ2) is 14.0. The fourth-order valence-corrected chi connectivity index (χ4v) is 5.73. The van der Waals surface area contributed by atoms with Crippen LogP contribution in [0.15, 0.2) is 72.9 Å². The van der Waals surface area contributed by atoms with Crippen molar-refractivity contribution in [2.24, 2.45) is 11.3 Å². The van der Waals surface area contributed by atoms with Crippen LogP contribution < -0.4 is 20.1 Å². The van der Waals surface area contributed by atoms with E-state index in [4.69, 9.17) is 18.9 Å². The van der Waals surface area contributed by atoms with Gasteiger partial charge in [0.05, 0.1) is 18.7 Å². The second-order valence-electron chi connectivity index (χ2n) is 11.8. The summed E-state index contributed by atoms with van der Waals surface area (Å²) in [5, 5.41) is 6.02. The number of aromatic nitrogens is 1. The molecule has 246 valence electrons. The van der Waals surface area contributed by atoms with Crippen molar-refractivity contribution in [2.75, 3.05) is 50.6 Å². The molecular formula is C35H36F2N4O6. The van der Waals surface area contributed by atoms with Gasteiger partial charge in [-0.3, -0.25) is 19.5 Å². The SMILES string of the molecule is CO[C@H]1CN(CCCOc2ccc3c(Oc4ccc(NC(=O)[C@]5(C(=O)Nc6ccc(F)cc6)C[C@H]5C)cc4F)ccnc3c2)CCO1. The first-order valence-electron chi connectivity index (χ1n) is 15.5. The van der Waals surface area contributed by atoms with Gasteiger partial charge in [-0.25, -0.2) is 8.78 Å². The first-order valence-corrected chi connectivity index (χ1v) is 15.5. The first kappa shape index (κ1) is 32.3. The van der Waals surface area contributed by atoms with Gasteiger partial charge in [0.1, 0.15) is 22.7 Å². The third-order valence-electron chi connectivity index (χ3n) is 8.57. The van der Waals surface area contributed by atoms with Gasteiger partial charge < -0.3 is 29.6 Å². The number of anilines is 2. The van der Waals surface area contributed by atoms with Gasteiger partial charge in [0.2, 0.25) is 11.8 Å². The average molecular weight is 647 g/mol. The van der Waals surface area contributed by atoms with Gasteiger partial charge in [0, 0.05) is 61.8 Å². The molecule has 3 atom stereocenters. The summed E-state index contributed by atoms with van der Waals surface area (Å²) in [7, 11) is 1.64. The molecule has 1 aliphatic heterocycles. The van der Waals surface area contributed by atoms with Crippen LogP contribution >= 0.6 is 0 Å². The Labute approximate surface area is 271 Å². The molecule has 10 nitrogen and oxygen atoms in total.